The third-order valence-electron chi connectivity index (χ3n) is 6.86. The van der Waals surface area contributed by atoms with Crippen molar-refractivity contribution in [3.05, 3.63) is 94.0 Å². The van der Waals surface area contributed by atoms with Crippen molar-refractivity contribution >= 4 is 23.7 Å². The summed E-state index contributed by atoms with van der Waals surface area (Å²) in [5, 5.41) is 10.4. The molecule has 1 saturated heterocycles. The lowest BCUT2D eigenvalue weighted by Crippen LogP contribution is -2.31. The van der Waals surface area contributed by atoms with E-state index < -0.39 is 18.0 Å². The van der Waals surface area contributed by atoms with Crippen LogP contribution in [0, 0.1) is 12.8 Å². The summed E-state index contributed by atoms with van der Waals surface area (Å²) in [5.74, 6) is -2.00. The van der Waals surface area contributed by atoms with Gasteiger partial charge in [0.1, 0.15) is 6.61 Å². The van der Waals surface area contributed by atoms with E-state index in [1.54, 1.807) is 6.07 Å². The molecule has 0 bridgehead atoms. The highest BCUT2D eigenvalue weighted by Crippen LogP contribution is 2.44. The standard InChI is InChI=1S/C27H24ClNO4/c1-16-10-11-17(12-25(16)28)22-13-29(14-23(22)26(30)31)27(32)33-15-24-20-8-4-2-6-18(20)19-7-3-5-9-21(19)24/h2-12,22-24H,13-15H2,1H3,(H,30,31). The minimum Gasteiger partial charge on any atom is -0.481 e. The van der Waals surface area contributed by atoms with Gasteiger partial charge in [-0.25, -0.2) is 4.79 Å². The van der Waals surface area contributed by atoms with Gasteiger partial charge < -0.3 is 14.7 Å². The number of aliphatic carboxylic acids is 1. The first kappa shape index (κ1) is 21.5. The summed E-state index contributed by atoms with van der Waals surface area (Å²) >= 11 is 6.27. The number of rotatable bonds is 4. The van der Waals surface area contributed by atoms with E-state index in [0.717, 1.165) is 33.4 Å². The summed E-state index contributed by atoms with van der Waals surface area (Å²) in [7, 11) is 0. The van der Waals surface area contributed by atoms with Gasteiger partial charge in [0.2, 0.25) is 0 Å². The number of hydrogen-bond acceptors (Lipinski definition) is 3. The molecule has 33 heavy (non-hydrogen) atoms. The van der Waals surface area contributed by atoms with E-state index in [1.807, 2.05) is 43.3 Å². The number of likely N-dealkylation sites (tertiary alicyclic amines) is 1. The van der Waals surface area contributed by atoms with E-state index in [0.29, 0.717) is 5.02 Å². The average Bonchev–Trinajstić information content (AvgIpc) is 3.40. The van der Waals surface area contributed by atoms with Gasteiger partial charge >= 0.3 is 12.1 Å². The number of carboxylic acids is 1. The number of aryl methyl sites for hydroxylation is 1. The zero-order valence-electron chi connectivity index (χ0n) is 18.2. The fourth-order valence-corrected chi connectivity index (χ4v) is 5.25. The molecule has 1 fully saturated rings. The molecule has 168 valence electrons. The molecule has 1 aliphatic heterocycles. The summed E-state index contributed by atoms with van der Waals surface area (Å²) in [6.45, 7) is 2.51. The van der Waals surface area contributed by atoms with Crippen LogP contribution in [0.15, 0.2) is 66.7 Å². The van der Waals surface area contributed by atoms with Crippen LogP contribution in [0.25, 0.3) is 11.1 Å². The van der Waals surface area contributed by atoms with E-state index in [1.165, 1.54) is 4.90 Å². The van der Waals surface area contributed by atoms with Crippen LogP contribution in [-0.2, 0) is 9.53 Å². The second-order valence-electron chi connectivity index (χ2n) is 8.77. The first-order valence-electron chi connectivity index (χ1n) is 11.0. The van der Waals surface area contributed by atoms with Crippen molar-refractivity contribution in [3.63, 3.8) is 0 Å². The van der Waals surface area contributed by atoms with Crippen molar-refractivity contribution in [2.24, 2.45) is 5.92 Å². The lowest BCUT2D eigenvalue weighted by atomic mass is 9.88. The van der Waals surface area contributed by atoms with Crippen LogP contribution in [0.1, 0.15) is 34.1 Å². The minimum absolute atomic E-state index is 0.0362. The summed E-state index contributed by atoms with van der Waals surface area (Å²) < 4.78 is 5.75. The smallest absolute Gasteiger partial charge is 0.409 e. The van der Waals surface area contributed by atoms with Crippen molar-refractivity contribution < 1.29 is 19.4 Å². The Labute approximate surface area is 197 Å². The van der Waals surface area contributed by atoms with Crippen LogP contribution in [0.4, 0.5) is 4.79 Å². The number of ether oxygens (including phenoxy) is 1. The highest BCUT2D eigenvalue weighted by Gasteiger charge is 2.41. The maximum Gasteiger partial charge on any atom is 0.409 e. The van der Waals surface area contributed by atoms with Crippen molar-refractivity contribution in [1.82, 2.24) is 4.90 Å². The first-order chi connectivity index (χ1) is 15.9. The third-order valence-corrected chi connectivity index (χ3v) is 7.26. The van der Waals surface area contributed by atoms with E-state index >= 15 is 0 Å². The van der Waals surface area contributed by atoms with Crippen LogP contribution in [-0.4, -0.2) is 41.8 Å². The molecule has 1 amide bonds. The SMILES string of the molecule is Cc1ccc(C2CN(C(=O)OCC3c4ccccc4-c4ccccc43)CC2C(=O)O)cc1Cl. The number of benzene rings is 3. The molecule has 0 aromatic heterocycles. The summed E-state index contributed by atoms with van der Waals surface area (Å²) in [6.07, 6.45) is -0.483. The molecule has 0 spiro atoms. The van der Waals surface area contributed by atoms with Gasteiger partial charge in [-0.3, -0.25) is 4.79 Å². The van der Waals surface area contributed by atoms with Gasteiger partial charge in [0.15, 0.2) is 0 Å². The van der Waals surface area contributed by atoms with Crippen molar-refractivity contribution in [2.45, 2.75) is 18.8 Å². The number of halogens is 1. The lowest BCUT2D eigenvalue weighted by Gasteiger charge is -2.19. The van der Waals surface area contributed by atoms with Crippen LogP contribution in [0.5, 0.6) is 0 Å². The monoisotopic (exact) mass is 461 g/mol. The normalized spacial score (nSPS) is 19.3. The Morgan fingerprint density at radius 2 is 1.64 bits per heavy atom. The molecular formula is C27H24ClNO4. The highest BCUT2D eigenvalue weighted by atomic mass is 35.5. The highest BCUT2D eigenvalue weighted by molar-refractivity contribution is 6.31. The number of amides is 1. The number of hydrogen-bond donors (Lipinski definition) is 1. The third kappa shape index (κ3) is 3.87. The fourth-order valence-electron chi connectivity index (χ4n) is 5.07. The van der Waals surface area contributed by atoms with E-state index in [9.17, 15) is 14.7 Å². The maximum absolute atomic E-state index is 13.0. The van der Waals surface area contributed by atoms with E-state index in [4.69, 9.17) is 16.3 Å². The molecule has 0 saturated carbocycles. The Morgan fingerprint density at radius 3 is 2.24 bits per heavy atom. The molecule has 5 nitrogen and oxygen atoms in total. The van der Waals surface area contributed by atoms with Gasteiger partial charge in [-0.15, -0.1) is 0 Å². The molecule has 0 radical (unpaired) electrons. The number of nitrogens with zero attached hydrogens (tertiary/aromatic N) is 1. The molecule has 6 heteroatoms. The molecule has 1 heterocycles. The molecule has 3 aromatic rings. The Bertz CT molecular complexity index is 1190. The van der Waals surface area contributed by atoms with Gasteiger partial charge in [0.05, 0.1) is 5.92 Å². The van der Waals surface area contributed by atoms with Crippen LogP contribution < -0.4 is 0 Å². The zero-order chi connectivity index (χ0) is 23.1. The summed E-state index contributed by atoms with van der Waals surface area (Å²) in [4.78, 5) is 26.4. The summed E-state index contributed by atoms with van der Waals surface area (Å²) in [6, 6.07) is 21.9. The van der Waals surface area contributed by atoms with Crippen molar-refractivity contribution in [3.8, 4) is 11.1 Å². The lowest BCUT2D eigenvalue weighted by molar-refractivity contribution is -0.141. The van der Waals surface area contributed by atoms with Gasteiger partial charge in [-0.2, -0.15) is 0 Å². The quantitative estimate of drug-likeness (QED) is 0.541. The molecule has 3 aromatic carbocycles. The first-order valence-corrected chi connectivity index (χ1v) is 11.4. The largest absolute Gasteiger partial charge is 0.481 e. The predicted molar refractivity (Wildman–Crippen MR) is 127 cm³/mol. The second kappa shape index (κ2) is 8.56. The van der Waals surface area contributed by atoms with Gasteiger partial charge in [0.25, 0.3) is 0 Å². The molecule has 2 atom stereocenters. The second-order valence-corrected chi connectivity index (χ2v) is 9.18. The van der Waals surface area contributed by atoms with Gasteiger partial charge in [-0.05, 0) is 46.4 Å². The van der Waals surface area contributed by atoms with Crippen molar-refractivity contribution in [1.29, 1.82) is 0 Å². The van der Waals surface area contributed by atoms with Gasteiger partial charge in [-0.1, -0.05) is 72.3 Å². The fraction of sp³-hybridized carbons (Fsp3) is 0.259. The van der Waals surface area contributed by atoms with Crippen LogP contribution in [0.3, 0.4) is 0 Å². The molecule has 1 N–H and O–H groups in total. The molecule has 5 rings (SSSR count). The van der Waals surface area contributed by atoms with Crippen molar-refractivity contribution in [2.75, 3.05) is 19.7 Å². The van der Waals surface area contributed by atoms with Crippen LogP contribution in [0.2, 0.25) is 5.02 Å². The molecule has 2 unspecified atom stereocenters. The number of carbonyl (C=O) groups excluding carboxylic acids is 1. The Balaban J connectivity index is 1.32. The van der Waals surface area contributed by atoms with Crippen LogP contribution >= 0.6 is 11.6 Å². The number of fused-ring (bicyclic) bond motifs is 3. The number of carbonyl (C=O) groups is 2. The Morgan fingerprint density at radius 1 is 1.00 bits per heavy atom. The molecule has 2 aliphatic rings. The molecular weight excluding hydrogens is 438 g/mol. The zero-order valence-corrected chi connectivity index (χ0v) is 19.0. The van der Waals surface area contributed by atoms with E-state index in [2.05, 4.69) is 24.3 Å². The Hall–Kier alpha value is -3.31. The van der Waals surface area contributed by atoms with Gasteiger partial charge in [0, 0.05) is 29.9 Å². The average molecular weight is 462 g/mol. The minimum atomic E-state index is -0.925. The topological polar surface area (TPSA) is 66.8 Å². The van der Waals surface area contributed by atoms with E-state index in [-0.39, 0.29) is 31.5 Å². The maximum atomic E-state index is 13.0. The Kier molecular flexibility index (Phi) is 5.59. The summed E-state index contributed by atoms with van der Waals surface area (Å²) in [5.41, 5.74) is 6.37. The molecule has 1 aliphatic carbocycles. The number of carboxylic acid groups (broad SMARTS) is 1. The predicted octanol–water partition coefficient (Wildman–Crippen LogP) is 5.70.